The third kappa shape index (κ3) is 0.838. The second kappa shape index (κ2) is 1.78. The van der Waals surface area contributed by atoms with Gasteiger partial charge >= 0.3 is 0 Å². The predicted molar refractivity (Wildman–Crippen MR) is 29.4 cm³/mol. The van der Waals surface area contributed by atoms with Crippen LogP contribution in [-0.4, -0.2) is 11.4 Å². The van der Waals surface area contributed by atoms with Gasteiger partial charge in [0.25, 0.3) is 11.4 Å². The van der Waals surface area contributed by atoms with E-state index in [0.29, 0.717) is 0 Å². The van der Waals surface area contributed by atoms with Crippen molar-refractivity contribution < 1.29 is 9.18 Å². The van der Waals surface area contributed by atoms with Crippen LogP contribution in [0.1, 0.15) is 0 Å². The number of hydrogen-bond donors (Lipinski definition) is 1. The summed E-state index contributed by atoms with van der Waals surface area (Å²) in [7, 11) is 0. The minimum Gasteiger partial charge on any atom is -0.344 e. The van der Waals surface area contributed by atoms with E-state index < -0.39 is 5.12 Å². The van der Waals surface area contributed by atoms with Crippen molar-refractivity contribution in [3.8, 4) is 0 Å². The van der Waals surface area contributed by atoms with Gasteiger partial charge in [-0.3, -0.25) is 4.79 Å². The number of hydrogen-bond acceptors (Lipinski definition) is 3. The standard InChI is InChI=1S/C4H3FNOS/c5-4(3-7)6-1-2-8-4/h1-2,6H. The molecule has 2 nitrogen and oxygen atoms in total. The monoisotopic (exact) mass is 132 g/mol. The van der Waals surface area contributed by atoms with Gasteiger partial charge in [-0.25, -0.2) is 0 Å². The summed E-state index contributed by atoms with van der Waals surface area (Å²) in [4.78, 5) is 9.71. The van der Waals surface area contributed by atoms with Crippen molar-refractivity contribution in [2.24, 2.45) is 0 Å². The maximum atomic E-state index is 12.4. The van der Waals surface area contributed by atoms with E-state index in [1.807, 2.05) is 0 Å². The second-order valence-electron chi connectivity index (χ2n) is 1.26. The van der Waals surface area contributed by atoms with Crippen LogP contribution in [0.5, 0.6) is 0 Å². The minimum absolute atomic E-state index is 0.763. The molecule has 1 N–H and O–H groups in total. The van der Waals surface area contributed by atoms with Crippen LogP contribution >= 0.6 is 11.8 Å². The van der Waals surface area contributed by atoms with Gasteiger partial charge in [0.15, 0.2) is 0 Å². The highest BCUT2D eigenvalue weighted by atomic mass is 32.2. The molecular weight excluding hydrogens is 129 g/mol. The predicted octanol–water partition coefficient (Wildman–Crippen LogP) is 0.527. The second-order valence-corrected chi connectivity index (χ2v) is 2.33. The Balaban J connectivity index is 2.58. The van der Waals surface area contributed by atoms with Gasteiger partial charge < -0.3 is 5.32 Å². The van der Waals surface area contributed by atoms with Crippen molar-refractivity contribution in [3.05, 3.63) is 11.6 Å². The van der Waals surface area contributed by atoms with Crippen LogP contribution in [0.2, 0.25) is 0 Å². The minimum atomic E-state index is -2.01. The van der Waals surface area contributed by atoms with Gasteiger partial charge in [-0.15, -0.1) is 0 Å². The van der Waals surface area contributed by atoms with Crippen LogP contribution in [0, 0.1) is 0 Å². The van der Waals surface area contributed by atoms with E-state index in [2.05, 4.69) is 5.32 Å². The molecule has 0 aliphatic carbocycles. The average molecular weight is 132 g/mol. The first kappa shape index (κ1) is 5.62. The Morgan fingerprint density at radius 2 is 2.62 bits per heavy atom. The molecule has 1 radical (unpaired) electrons. The molecule has 1 rings (SSSR count). The Morgan fingerprint density at radius 3 is 2.88 bits per heavy atom. The van der Waals surface area contributed by atoms with E-state index in [1.165, 1.54) is 17.9 Å². The quantitative estimate of drug-likeness (QED) is 0.527. The van der Waals surface area contributed by atoms with E-state index in [9.17, 15) is 9.18 Å². The molecule has 0 saturated heterocycles. The zero-order valence-corrected chi connectivity index (χ0v) is 4.67. The Morgan fingerprint density at radius 1 is 1.88 bits per heavy atom. The molecule has 1 atom stereocenters. The van der Waals surface area contributed by atoms with Crippen LogP contribution < -0.4 is 5.32 Å². The molecule has 8 heavy (non-hydrogen) atoms. The summed E-state index contributed by atoms with van der Waals surface area (Å²) in [5.41, 5.74) is 0. The fourth-order valence-electron chi connectivity index (χ4n) is 0.357. The summed E-state index contributed by atoms with van der Waals surface area (Å²) in [6.45, 7) is 0. The van der Waals surface area contributed by atoms with E-state index in [1.54, 1.807) is 0 Å². The van der Waals surface area contributed by atoms with Crippen molar-refractivity contribution in [1.29, 1.82) is 0 Å². The molecule has 0 aromatic carbocycles. The fraction of sp³-hybridized carbons (Fsp3) is 0.250. The molecule has 0 fully saturated rings. The molecule has 1 aliphatic rings. The molecule has 1 heterocycles. The third-order valence-corrected chi connectivity index (χ3v) is 1.50. The van der Waals surface area contributed by atoms with E-state index in [0.717, 1.165) is 11.8 Å². The lowest BCUT2D eigenvalue weighted by atomic mass is 10.6. The summed E-state index contributed by atoms with van der Waals surface area (Å²) < 4.78 is 12.4. The molecular formula is C4H3FNOS. The van der Waals surface area contributed by atoms with Crippen molar-refractivity contribution in [2.45, 2.75) is 5.12 Å². The first-order valence-corrected chi connectivity index (χ1v) is 2.83. The van der Waals surface area contributed by atoms with Crippen LogP contribution in [0.3, 0.4) is 0 Å². The highest BCUT2D eigenvalue weighted by Crippen LogP contribution is 2.26. The van der Waals surface area contributed by atoms with Crippen molar-refractivity contribution in [3.63, 3.8) is 0 Å². The van der Waals surface area contributed by atoms with Gasteiger partial charge in [-0.2, -0.15) is 4.39 Å². The maximum absolute atomic E-state index is 12.4. The number of rotatable bonds is 1. The Bertz CT molecular complexity index is 128. The lowest BCUT2D eigenvalue weighted by molar-refractivity contribution is 0.336. The van der Waals surface area contributed by atoms with Crippen LogP contribution in [0.15, 0.2) is 11.6 Å². The normalized spacial score (nSPS) is 34.6. The van der Waals surface area contributed by atoms with Crippen molar-refractivity contribution in [2.75, 3.05) is 0 Å². The van der Waals surface area contributed by atoms with Crippen LogP contribution in [0.4, 0.5) is 4.39 Å². The number of thioether (sulfide) groups is 1. The molecule has 0 aromatic rings. The fourth-order valence-corrected chi connectivity index (χ4v) is 0.864. The topological polar surface area (TPSA) is 29.1 Å². The molecule has 0 saturated carbocycles. The lowest BCUT2D eigenvalue weighted by Crippen LogP contribution is -2.31. The SMILES string of the molecule is O=[C]C1(F)NC=CS1. The molecule has 4 heteroatoms. The first-order chi connectivity index (χ1) is 3.77. The molecule has 43 valence electrons. The summed E-state index contributed by atoms with van der Waals surface area (Å²) in [6.07, 6.45) is 2.58. The van der Waals surface area contributed by atoms with E-state index in [4.69, 9.17) is 0 Å². The van der Waals surface area contributed by atoms with E-state index in [-0.39, 0.29) is 0 Å². The van der Waals surface area contributed by atoms with Gasteiger partial charge in [0.1, 0.15) is 0 Å². The smallest absolute Gasteiger partial charge is 0.298 e. The van der Waals surface area contributed by atoms with Gasteiger partial charge in [-0.05, 0) is 5.41 Å². The van der Waals surface area contributed by atoms with Crippen molar-refractivity contribution >= 4 is 18.0 Å². The number of carbonyl (C=O) groups excluding carboxylic acids is 1. The molecule has 0 spiro atoms. The molecule has 0 bridgehead atoms. The van der Waals surface area contributed by atoms with Crippen LogP contribution in [-0.2, 0) is 4.79 Å². The molecule has 0 amide bonds. The zero-order valence-electron chi connectivity index (χ0n) is 3.85. The summed E-state index contributed by atoms with van der Waals surface area (Å²) in [5, 5.41) is 1.62. The van der Waals surface area contributed by atoms with Gasteiger partial charge in [-0.1, -0.05) is 11.8 Å². The van der Waals surface area contributed by atoms with Gasteiger partial charge in [0.05, 0.1) is 0 Å². The number of nitrogens with one attached hydrogen (secondary N) is 1. The summed E-state index contributed by atoms with van der Waals surface area (Å²) in [5.74, 6) is 0. The highest BCUT2D eigenvalue weighted by Gasteiger charge is 2.31. The maximum Gasteiger partial charge on any atom is 0.298 e. The summed E-state index contributed by atoms with van der Waals surface area (Å²) >= 11 is 0.763. The molecule has 1 aliphatic heterocycles. The molecule has 1 unspecified atom stereocenters. The van der Waals surface area contributed by atoms with Crippen molar-refractivity contribution in [1.82, 2.24) is 5.32 Å². The Hall–Kier alpha value is -0.510. The van der Waals surface area contributed by atoms with Crippen LogP contribution in [0.25, 0.3) is 0 Å². The number of alkyl halides is 1. The average Bonchev–Trinajstić information content (AvgIpc) is 2.17. The van der Waals surface area contributed by atoms with Gasteiger partial charge in [0, 0.05) is 6.20 Å². The zero-order chi connectivity index (χ0) is 6.04. The van der Waals surface area contributed by atoms with Gasteiger partial charge in [0.2, 0.25) is 0 Å². The Kier molecular flexibility index (Phi) is 1.25. The van der Waals surface area contributed by atoms with E-state index >= 15 is 0 Å². The lowest BCUT2D eigenvalue weighted by Gasteiger charge is -2.07. The summed E-state index contributed by atoms with van der Waals surface area (Å²) in [6, 6.07) is 0. The Labute approximate surface area is 50.1 Å². The third-order valence-electron chi connectivity index (χ3n) is 0.699. The molecule has 0 aromatic heterocycles. The largest absolute Gasteiger partial charge is 0.344 e. The number of halogens is 1. The first-order valence-electron chi connectivity index (χ1n) is 1.95. The highest BCUT2D eigenvalue weighted by molar-refractivity contribution is 8.04.